The summed E-state index contributed by atoms with van der Waals surface area (Å²) in [6.45, 7) is 4.16. The number of phenolic OH excluding ortho intramolecular Hbond substituents is 1. The number of ether oxygens (including phenoxy) is 1. The second kappa shape index (κ2) is 16.5. The lowest BCUT2D eigenvalue weighted by Crippen LogP contribution is -2.35. The predicted octanol–water partition coefficient (Wildman–Crippen LogP) is 5.95. The van der Waals surface area contributed by atoms with E-state index in [2.05, 4.69) is 50.6 Å². The molecule has 0 aliphatic rings. The van der Waals surface area contributed by atoms with E-state index in [4.69, 9.17) is 15.5 Å². The number of phenols is 1. The Bertz CT molecular complexity index is 1850. The number of nitrogens with two attached hydrogens (primary N) is 1. The van der Waals surface area contributed by atoms with Crippen LogP contribution in [0, 0.1) is 0 Å². The molecule has 0 atom stereocenters. The molecule has 0 saturated carbocycles. The number of carbonyl (C=O) groups excluding carboxylic acids is 2. The molecule has 0 saturated heterocycles. The third kappa shape index (κ3) is 8.72. The fourth-order valence-corrected chi connectivity index (χ4v) is 5.70. The van der Waals surface area contributed by atoms with Gasteiger partial charge in [-0.2, -0.15) is 0 Å². The number of unbranched alkanes of at least 4 members (excludes halogenated alkanes) is 3. The molecule has 0 spiro atoms. The molecule has 5 aromatic rings. The van der Waals surface area contributed by atoms with Crippen LogP contribution in [0.1, 0.15) is 68.0 Å². The van der Waals surface area contributed by atoms with Crippen molar-refractivity contribution in [3.63, 3.8) is 0 Å². The highest BCUT2D eigenvalue weighted by molar-refractivity contribution is 6.06. The van der Waals surface area contributed by atoms with Crippen LogP contribution in [0.3, 0.4) is 0 Å². The summed E-state index contributed by atoms with van der Waals surface area (Å²) in [7, 11) is 1.49. The van der Waals surface area contributed by atoms with E-state index in [9.17, 15) is 14.7 Å². The number of nitrogens with zero attached hydrogens (tertiary/aromatic N) is 3. The van der Waals surface area contributed by atoms with Gasteiger partial charge in [0.15, 0.2) is 17.3 Å². The Balaban J connectivity index is 1.04. The lowest BCUT2D eigenvalue weighted by atomic mass is 10.1. The molecule has 0 unspecified atom stereocenters. The van der Waals surface area contributed by atoms with E-state index in [1.54, 1.807) is 18.2 Å². The third-order valence-corrected chi connectivity index (χ3v) is 8.36. The van der Waals surface area contributed by atoms with Crippen molar-refractivity contribution in [3.8, 4) is 11.5 Å². The van der Waals surface area contributed by atoms with Crippen LogP contribution in [0.4, 0.5) is 10.6 Å². The zero-order chi connectivity index (χ0) is 33.9. The van der Waals surface area contributed by atoms with E-state index in [1.165, 1.54) is 7.11 Å². The van der Waals surface area contributed by atoms with E-state index in [1.807, 2.05) is 30.3 Å². The molecule has 11 nitrogen and oxygen atoms in total. The number of hydrogen-bond acceptors (Lipinski definition) is 7. The first kappa shape index (κ1) is 34.0. The van der Waals surface area contributed by atoms with E-state index in [-0.39, 0.29) is 17.7 Å². The van der Waals surface area contributed by atoms with Gasteiger partial charge < -0.3 is 36.1 Å². The van der Waals surface area contributed by atoms with Gasteiger partial charge in [-0.1, -0.05) is 68.3 Å². The molecule has 2 heterocycles. The minimum atomic E-state index is -0.218. The van der Waals surface area contributed by atoms with Gasteiger partial charge in [0, 0.05) is 44.4 Å². The van der Waals surface area contributed by atoms with Crippen molar-refractivity contribution in [2.24, 2.45) is 0 Å². The maximum absolute atomic E-state index is 12.4. The molecule has 252 valence electrons. The topological polar surface area (TPSA) is 156 Å². The van der Waals surface area contributed by atoms with Gasteiger partial charge in [-0.05, 0) is 54.2 Å². The molecular formula is C37H45N7O4. The summed E-state index contributed by atoms with van der Waals surface area (Å²) < 4.78 is 7.37. The van der Waals surface area contributed by atoms with Gasteiger partial charge in [0.2, 0.25) is 5.91 Å². The molecule has 5 rings (SSSR count). The highest BCUT2D eigenvalue weighted by atomic mass is 16.5. The van der Waals surface area contributed by atoms with E-state index < -0.39 is 0 Å². The number of nitrogens with one attached hydrogen (secondary N) is 3. The summed E-state index contributed by atoms with van der Waals surface area (Å²) in [5.41, 5.74) is 12.0. The maximum atomic E-state index is 12.4. The van der Waals surface area contributed by atoms with Crippen molar-refractivity contribution < 1.29 is 19.4 Å². The molecule has 0 radical (unpaired) electrons. The average Bonchev–Trinajstić information content (AvgIpc) is 3.46. The van der Waals surface area contributed by atoms with Crippen molar-refractivity contribution in [1.82, 2.24) is 30.5 Å². The van der Waals surface area contributed by atoms with Gasteiger partial charge in [-0.25, -0.2) is 14.8 Å². The number of urea groups is 1. The average molecular weight is 652 g/mol. The first-order chi connectivity index (χ1) is 23.4. The number of methoxy groups -OCH3 is 1. The number of nitrogen functional groups attached to an aromatic ring is 1. The maximum Gasteiger partial charge on any atom is 0.315 e. The van der Waals surface area contributed by atoms with Crippen LogP contribution >= 0.6 is 0 Å². The Morgan fingerprint density at radius 2 is 1.62 bits per heavy atom. The minimum Gasteiger partial charge on any atom is -0.504 e. The Morgan fingerprint density at radius 3 is 2.42 bits per heavy atom. The Kier molecular flexibility index (Phi) is 11.7. The number of aromatic hydroxyl groups is 1. The van der Waals surface area contributed by atoms with Crippen molar-refractivity contribution in [1.29, 1.82) is 0 Å². The molecule has 0 aliphatic heterocycles. The Hall–Kier alpha value is -5.32. The zero-order valence-electron chi connectivity index (χ0n) is 27.7. The van der Waals surface area contributed by atoms with E-state index >= 15 is 0 Å². The molecular weight excluding hydrogens is 606 g/mol. The van der Waals surface area contributed by atoms with Crippen molar-refractivity contribution in [2.45, 2.75) is 71.5 Å². The van der Waals surface area contributed by atoms with Gasteiger partial charge >= 0.3 is 6.03 Å². The summed E-state index contributed by atoms with van der Waals surface area (Å²) in [5, 5.41) is 19.4. The smallest absolute Gasteiger partial charge is 0.315 e. The fourth-order valence-electron chi connectivity index (χ4n) is 5.70. The van der Waals surface area contributed by atoms with Gasteiger partial charge in [-0.3, -0.25) is 4.79 Å². The van der Waals surface area contributed by atoms with Crippen molar-refractivity contribution in [3.05, 3.63) is 89.2 Å². The number of para-hydroxylation sites is 1. The number of fused-ring (bicyclic) bond motifs is 3. The molecule has 0 bridgehead atoms. The highest BCUT2D eigenvalue weighted by Gasteiger charge is 2.17. The van der Waals surface area contributed by atoms with Crippen molar-refractivity contribution >= 4 is 39.7 Å². The number of pyridine rings is 1. The molecule has 0 fully saturated rings. The number of carbonyl (C=O) groups is 2. The summed E-state index contributed by atoms with van der Waals surface area (Å²) in [6.07, 6.45) is 5.73. The lowest BCUT2D eigenvalue weighted by Gasteiger charge is -2.12. The van der Waals surface area contributed by atoms with Gasteiger partial charge in [0.25, 0.3) is 0 Å². The highest BCUT2D eigenvalue weighted by Crippen LogP contribution is 2.30. The summed E-state index contributed by atoms with van der Waals surface area (Å²) in [6, 6.07) is 21.1. The van der Waals surface area contributed by atoms with Crippen LogP contribution in [0.5, 0.6) is 11.5 Å². The molecule has 3 aromatic carbocycles. The number of anilines is 1. The largest absolute Gasteiger partial charge is 0.504 e. The number of aromatic nitrogens is 3. The first-order valence-electron chi connectivity index (χ1n) is 16.6. The monoisotopic (exact) mass is 651 g/mol. The van der Waals surface area contributed by atoms with E-state index in [0.717, 1.165) is 83.0 Å². The standard InChI is InChI=1S/C37H45N7O4/c1-3-4-12-32-43-34-35(28-10-7-8-11-29(28)42-36(34)38)44(32)24-26-16-14-25(15-17-26)22-41-37(47)39-20-9-5-6-13-33(46)40-23-27-18-19-30(45)31(21-27)48-2/h7-8,10-11,14-19,21,45H,3-6,9,12-13,20,22-24H2,1-2H3,(H2,38,42)(H,40,46)(H2,39,41,47). The summed E-state index contributed by atoms with van der Waals surface area (Å²) in [4.78, 5) is 34.1. The first-order valence-corrected chi connectivity index (χ1v) is 16.6. The third-order valence-electron chi connectivity index (χ3n) is 8.36. The number of rotatable bonds is 16. The summed E-state index contributed by atoms with van der Waals surface area (Å²) in [5.74, 6) is 1.86. The van der Waals surface area contributed by atoms with Crippen LogP contribution < -0.4 is 26.4 Å². The lowest BCUT2D eigenvalue weighted by molar-refractivity contribution is -0.121. The fraction of sp³-hybridized carbons (Fsp3) is 0.351. The predicted molar refractivity (Wildman–Crippen MR) is 189 cm³/mol. The molecule has 3 amide bonds. The van der Waals surface area contributed by atoms with Gasteiger partial charge in [0.05, 0.1) is 18.1 Å². The zero-order valence-corrected chi connectivity index (χ0v) is 27.7. The summed E-state index contributed by atoms with van der Waals surface area (Å²) >= 11 is 0. The van der Waals surface area contributed by atoms with E-state index in [0.29, 0.717) is 44.2 Å². The van der Waals surface area contributed by atoms with Gasteiger partial charge in [-0.15, -0.1) is 0 Å². The quantitative estimate of drug-likeness (QED) is 0.0826. The molecule has 6 N–H and O–H groups in total. The number of benzene rings is 3. The number of hydrogen-bond donors (Lipinski definition) is 5. The molecule has 48 heavy (non-hydrogen) atoms. The van der Waals surface area contributed by atoms with Crippen LogP contribution in [-0.4, -0.2) is 45.2 Å². The normalized spacial score (nSPS) is 11.1. The second-order valence-electron chi connectivity index (χ2n) is 11.9. The minimum absolute atomic E-state index is 0.0374. The Labute approximate surface area is 280 Å². The molecule has 0 aliphatic carbocycles. The van der Waals surface area contributed by atoms with Crippen LogP contribution in [-0.2, 0) is 30.8 Å². The SMILES string of the molecule is CCCCc1nc2c(N)nc3ccccc3c2n1Cc1ccc(CNC(=O)NCCCCCC(=O)NCc2ccc(O)c(OC)c2)cc1. The van der Waals surface area contributed by atoms with Crippen LogP contribution in [0.15, 0.2) is 66.7 Å². The number of amides is 3. The van der Waals surface area contributed by atoms with Gasteiger partial charge in [0.1, 0.15) is 11.3 Å². The van der Waals surface area contributed by atoms with Crippen molar-refractivity contribution in [2.75, 3.05) is 19.4 Å². The number of imidazole rings is 1. The molecule has 11 heteroatoms. The van der Waals surface area contributed by atoms with Crippen LogP contribution in [0.2, 0.25) is 0 Å². The van der Waals surface area contributed by atoms with Crippen LogP contribution in [0.25, 0.3) is 21.9 Å². The number of aryl methyl sites for hydroxylation is 1. The molecule has 2 aromatic heterocycles. The second-order valence-corrected chi connectivity index (χ2v) is 11.9. The Morgan fingerprint density at radius 1 is 0.875 bits per heavy atom.